The molecule has 0 aromatic rings. The van der Waals surface area contributed by atoms with Crippen molar-refractivity contribution >= 4 is 5.97 Å². The lowest BCUT2D eigenvalue weighted by Gasteiger charge is -2.31. The summed E-state index contributed by atoms with van der Waals surface area (Å²) in [6.45, 7) is 6.70. The highest BCUT2D eigenvalue weighted by Crippen LogP contribution is 2.36. The molecule has 0 heterocycles. The van der Waals surface area contributed by atoms with Gasteiger partial charge in [-0.05, 0) is 58.0 Å². The Bertz CT molecular complexity index is 336. The monoisotopic (exact) mass is 296 g/mol. The van der Waals surface area contributed by atoms with Crippen molar-refractivity contribution < 1.29 is 9.90 Å². The molecule has 2 unspecified atom stereocenters. The number of hydrogen-bond acceptors (Lipinski definition) is 3. The molecule has 0 saturated heterocycles. The molecule has 2 aliphatic rings. The maximum absolute atomic E-state index is 11.8. The van der Waals surface area contributed by atoms with E-state index in [1.165, 1.54) is 25.7 Å². The number of nitrogens with zero attached hydrogens (tertiary/aromatic N) is 1. The molecule has 2 N–H and O–H groups in total. The summed E-state index contributed by atoms with van der Waals surface area (Å²) in [6, 6.07) is 0.907. The van der Waals surface area contributed by atoms with Crippen LogP contribution in [0.5, 0.6) is 0 Å². The Labute approximate surface area is 129 Å². The maximum Gasteiger partial charge on any atom is 0.323 e. The van der Waals surface area contributed by atoms with Crippen molar-refractivity contribution in [3.05, 3.63) is 0 Å². The smallest absolute Gasteiger partial charge is 0.323 e. The first-order valence-electron chi connectivity index (χ1n) is 8.86. The summed E-state index contributed by atoms with van der Waals surface area (Å²) in [5, 5.41) is 13.1. The SMILES string of the molecule is CCCCN(CCCC)C1CCC(NC2CC2)(C(=O)O)C1. The first-order chi connectivity index (χ1) is 10.1. The Morgan fingerprint density at radius 2 is 1.81 bits per heavy atom. The van der Waals surface area contributed by atoms with Crippen LogP contribution in [0, 0.1) is 0 Å². The Morgan fingerprint density at radius 1 is 1.19 bits per heavy atom. The second-order valence-corrected chi connectivity index (χ2v) is 6.95. The van der Waals surface area contributed by atoms with Crippen LogP contribution in [0.15, 0.2) is 0 Å². The van der Waals surface area contributed by atoms with Crippen LogP contribution in [0.25, 0.3) is 0 Å². The number of aliphatic carboxylic acids is 1. The van der Waals surface area contributed by atoms with E-state index in [-0.39, 0.29) is 0 Å². The fraction of sp³-hybridized carbons (Fsp3) is 0.941. The van der Waals surface area contributed by atoms with Gasteiger partial charge in [-0.15, -0.1) is 0 Å². The Hall–Kier alpha value is -0.610. The van der Waals surface area contributed by atoms with E-state index in [4.69, 9.17) is 0 Å². The van der Waals surface area contributed by atoms with Crippen LogP contribution in [0.4, 0.5) is 0 Å². The molecule has 21 heavy (non-hydrogen) atoms. The Morgan fingerprint density at radius 3 is 2.29 bits per heavy atom. The standard InChI is InChI=1S/C17H32N2O2/c1-3-5-11-19(12-6-4-2)15-9-10-17(13-15,16(20)21)18-14-7-8-14/h14-15,18H,3-13H2,1-2H3,(H,20,21). The number of carboxylic acids is 1. The lowest BCUT2D eigenvalue weighted by Crippen LogP contribution is -2.52. The topological polar surface area (TPSA) is 52.6 Å². The zero-order valence-electron chi connectivity index (χ0n) is 13.7. The van der Waals surface area contributed by atoms with Gasteiger partial charge in [0.2, 0.25) is 0 Å². The quantitative estimate of drug-likeness (QED) is 0.650. The molecule has 122 valence electrons. The van der Waals surface area contributed by atoms with E-state index in [1.54, 1.807) is 0 Å². The molecule has 0 radical (unpaired) electrons. The van der Waals surface area contributed by atoms with Gasteiger partial charge in [0.25, 0.3) is 0 Å². The van der Waals surface area contributed by atoms with E-state index in [1.807, 2.05) is 0 Å². The summed E-state index contributed by atoms with van der Waals surface area (Å²) in [7, 11) is 0. The van der Waals surface area contributed by atoms with Crippen molar-refractivity contribution in [1.29, 1.82) is 0 Å². The second kappa shape index (κ2) is 7.59. The van der Waals surface area contributed by atoms with Crippen LogP contribution < -0.4 is 5.32 Å². The summed E-state index contributed by atoms with van der Waals surface area (Å²) in [4.78, 5) is 14.4. The zero-order valence-corrected chi connectivity index (χ0v) is 13.7. The van der Waals surface area contributed by atoms with Gasteiger partial charge in [0.15, 0.2) is 0 Å². The van der Waals surface area contributed by atoms with Crippen LogP contribution >= 0.6 is 0 Å². The molecular formula is C17H32N2O2. The first-order valence-corrected chi connectivity index (χ1v) is 8.86. The van der Waals surface area contributed by atoms with E-state index < -0.39 is 11.5 Å². The average molecular weight is 296 g/mol. The van der Waals surface area contributed by atoms with Crippen LogP contribution in [0.2, 0.25) is 0 Å². The third-order valence-electron chi connectivity index (χ3n) is 5.07. The largest absolute Gasteiger partial charge is 0.480 e. The van der Waals surface area contributed by atoms with Crippen LogP contribution in [-0.4, -0.2) is 46.7 Å². The van der Waals surface area contributed by atoms with Gasteiger partial charge < -0.3 is 10.0 Å². The second-order valence-electron chi connectivity index (χ2n) is 6.95. The highest BCUT2D eigenvalue weighted by Gasteiger charge is 2.49. The Balaban J connectivity index is 1.96. The minimum Gasteiger partial charge on any atom is -0.480 e. The molecule has 4 heteroatoms. The van der Waals surface area contributed by atoms with Gasteiger partial charge in [-0.3, -0.25) is 10.1 Å². The summed E-state index contributed by atoms with van der Waals surface area (Å²) >= 11 is 0. The minimum atomic E-state index is -0.650. The van der Waals surface area contributed by atoms with E-state index in [2.05, 4.69) is 24.1 Å². The fourth-order valence-corrected chi connectivity index (χ4v) is 3.54. The van der Waals surface area contributed by atoms with Crippen molar-refractivity contribution in [1.82, 2.24) is 10.2 Å². The van der Waals surface area contributed by atoms with Crippen molar-refractivity contribution in [2.24, 2.45) is 0 Å². The van der Waals surface area contributed by atoms with E-state index >= 15 is 0 Å². The fourth-order valence-electron chi connectivity index (χ4n) is 3.54. The molecule has 0 aromatic carbocycles. The lowest BCUT2D eigenvalue weighted by molar-refractivity contribution is -0.145. The summed E-state index contributed by atoms with van der Waals surface area (Å²) < 4.78 is 0. The van der Waals surface area contributed by atoms with Crippen molar-refractivity contribution in [2.75, 3.05) is 13.1 Å². The molecule has 2 aliphatic carbocycles. The molecule has 2 saturated carbocycles. The third-order valence-corrected chi connectivity index (χ3v) is 5.07. The molecule has 4 nitrogen and oxygen atoms in total. The van der Waals surface area contributed by atoms with Gasteiger partial charge >= 0.3 is 5.97 Å². The molecule has 2 atom stereocenters. The Kier molecular flexibility index (Phi) is 6.06. The highest BCUT2D eigenvalue weighted by molar-refractivity contribution is 5.79. The summed E-state index contributed by atoms with van der Waals surface area (Å²) in [5.41, 5.74) is -0.650. The number of rotatable bonds is 10. The molecule has 2 fully saturated rings. The number of carbonyl (C=O) groups is 1. The van der Waals surface area contributed by atoms with Gasteiger partial charge in [0.1, 0.15) is 5.54 Å². The van der Waals surface area contributed by atoms with Gasteiger partial charge in [-0.1, -0.05) is 26.7 Å². The molecule has 2 rings (SSSR count). The molecule has 0 aromatic heterocycles. The van der Waals surface area contributed by atoms with E-state index in [0.717, 1.165) is 45.2 Å². The molecule has 0 amide bonds. The maximum atomic E-state index is 11.8. The summed E-state index contributed by atoms with van der Waals surface area (Å²) in [6.07, 6.45) is 9.75. The first kappa shape index (κ1) is 16.8. The van der Waals surface area contributed by atoms with Gasteiger partial charge in [0.05, 0.1) is 0 Å². The van der Waals surface area contributed by atoms with Gasteiger partial charge in [-0.25, -0.2) is 0 Å². The van der Waals surface area contributed by atoms with Crippen LogP contribution in [-0.2, 0) is 4.79 Å². The predicted molar refractivity (Wildman–Crippen MR) is 85.6 cm³/mol. The number of unbranched alkanes of at least 4 members (excludes halogenated alkanes) is 2. The van der Waals surface area contributed by atoms with Crippen molar-refractivity contribution in [3.8, 4) is 0 Å². The van der Waals surface area contributed by atoms with Crippen LogP contribution in [0.3, 0.4) is 0 Å². The number of carboxylic acid groups (broad SMARTS) is 1. The number of nitrogens with one attached hydrogen (secondary N) is 1. The zero-order chi connectivity index (χ0) is 15.3. The van der Waals surface area contributed by atoms with E-state index in [9.17, 15) is 9.90 Å². The summed E-state index contributed by atoms with van der Waals surface area (Å²) in [5.74, 6) is -0.636. The van der Waals surface area contributed by atoms with Gasteiger partial charge in [0, 0.05) is 12.1 Å². The molecular weight excluding hydrogens is 264 g/mol. The van der Waals surface area contributed by atoms with Crippen molar-refractivity contribution in [2.45, 2.75) is 89.3 Å². The van der Waals surface area contributed by atoms with Crippen molar-refractivity contribution in [3.63, 3.8) is 0 Å². The third kappa shape index (κ3) is 4.43. The minimum absolute atomic E-state index is 0.449. The average Bonchev–Trinajstić information content (AvgIpc) is 3.16. The lowest BCUT2D eigenvalue weighted by atomic mass is 9.97. The number of hydrogen-bond donors (Lipinski definition) is 2. The molecule has 0 aliphatic heterocycles. The normalized spacial score (nSPS) is 29.2. The predicted octanol–water partition coefficient (Wildman–Crippen LogP) is 3.02. The highest BCUT2D eigenvalue weighted by atomic mass is 16.4. The van der Waals surface area contributed by atoms with Gasteiger partial charge in [-0.2, -0.15) is 0 Å². The molecule has 0 bridgehead atoms. The molecule has 0 spiro atoms. The van der Waals surface area contributed by atoms with Crippen LogP contribution in [0.1, 0.15) is 71.6 Å². The van der Waals surface area contributed by atoms with E-state index in [0.29, 0.717) is 12.1 Å².